The molecule has 0 saturated carbocycles. The van der Waals surface area contributed by atoms with Gasteiger partial charge in [0.05, 0.1) is 0 Å². The zero-order valence-corrected chi connectivity index (χ0v) is 11.3. The topological polar surface area (TPSA) is 20.2 Å². The van der Waals surface area contributed by atoms with Crippen molar-refractivity contribution in [2.24, 2.45) is 0 Å². The molecule has 0 aromatic heterocycles. The summed E-state index contributed by atoms with van der Waals surface area (Å²) >= 11 is 6.09. The lowest BCUT2D eigenvalue weighted by molar-refractivity contribution is 0.219. The fourth-order valence-corrected chi connectivity index (χ4v) is 2.20. The van der Waals surface area contributed by atoms with E-state index in [9.17, 15) is 13.9 Å². The second-order valence-electron chi connectivity index (χ2n) is 4.53. The van der Waals surface area contributed by atoms with E-state index < -0.39 is 17.7 Å². The Labute approximate surface area is 115 Å². The van der Waals surface area contributed by atoms with Crippen LogP contribution in [0.1, 0.15) is 28.4 Å². The van der Waals surface area contributed by atoms with Gasteiger partial charge in [-0.25, -0.2) is 8.78 Å². The van der Waals surface area contributed by atoms with Gasteiger partial charge in [0.1, 0.15) is 6.10 Å². The molecule has 0 fully saturated rings. The molecule has 0 radical (unpaired) electrons. The van der Waals surface area contributed by atoms with E-state index in [1.54, 1.807) is 12.1 Å². The fraction of sp³-hybridized carbons (Fsp3) is 0.200. The van der Waals surface area contributed by atoms with Gasteiger partial charge in [-0.1, -0.05) is 23.7 Å². The number of hydrogen-bond donors (Lipinski definition) is 1. The molecule has 0 aliphatic carbocycles. The third-order valence-corrected chi connectivity index (χ3v) is 3.49. The number of rotatable bonds is 2. The van der Waals surface area contributed by atoms with Crippen molar-refractivity contribution in [1.29, 1.82) is 0 Å². The van der Waals surface area contributed by atoms with Gasteiger partial charge in [-0.3, -0.25) is 0 Å². The predicted molar refractivity (Wildman–Crippen MR) is 71.3 cm³/mol. The first-order chi connectivity index (χ1) is 8.90. The Morgan fingerprint density at radius 1 is 1.00 bits per heavy atom. The molecule has 2 aromatic rings. The minimum atomic E-state index is -1.08. The molecular weight excluding hydrogens is 270 g/mol. The van der Waals surface area contributed by atoms with E-state index in [0.29, 0.717) is 10.6 Å². The Hall–Kier alpha value is -1.45. The van der Waals surface area contributed by atoms with Gasteiger partial charge in [0, 0.05) is 10.6 Å². The minimum absolute atomic E-state index is 0.268. The molecule has 4 heteroatoms. The number of aryl methyl sites for hydroxylation is 2. The lowest BCUT2D eigenvalue weighted by atomic mass is 9.97. The van der Waals surface area contributed by atoms with E-state index in [0.717, 1.165) is 23.3 Å². The summed E-state index contributed by atoms with van der Waals surface area (Å²) in [5.41, 5.74) is 2.73. The molecule has 19 heavy (non-hydrogen) atoms. The van der Waals surface area contributed by atoms with Crippen LogP contribution in [-0.2, 0) is 0 Å². The number of aliphatic hydroxyl groups is 1. The van der Waals surface area contributed by atoms with Crippen LogP contribution in [0.3, 0.4) is 0 Å². The van der Waals surface area contributed by atoms with E-state index in [-0.39, 0.29) is 5.56 Å². The molecule has 0 heterocycles. The molecule has 1 atom stereocenters. The van der Waals surface area contributed by atoms with Crippen LogP contribution in [0, 0.1) is 25.5 Å². The van der Waals surface area contributed by atoms with Crippen LogP contribution in [0.4, 0.5) is 8.78 Å². The molecule has 1 nitrogen and oxygen atoms in total. The third kappa shape index (κ3) is 2.77. The minimum Gasteiger partial charge on any atom is -0.384 e. The van der Waals surface area contributed by atoms with Gasteiger partial charge in [-0.2, -0.15) is 0 Å². The SMILES string of the molecule is Cc1cc(Cl)c(C(O)c2ccc(F)c(F)c2)cc1C. The molecule has 0 bridgehead atoms. The normalized spacial score (nSPS) is 12.5. The molecule has 1 N–H and O–H groups in total. The summed E-state index contributed by atoms with van der Waals surface area (Å²) in [6, 6.07) is 6.81. The maximum atomic E-state index is 13.2. The van der Waals surface area contributed by atoms with Crippen LogP contribution in [0.25, 0.3) is 0 Å². The second-order valence-corrected chi connectivity index (χ2v) is 4.94. The van der Waals surface area contributed by atoms with E-state index in [2.05, 4.69) is 0 Å². The van der Waals surface area contributed by atoms with Gasteiger partial charge in [-0.15, -0.1) is 0 Å². The van der Waals surface area contributed by atoms with Crippen molar-refractivity contribution >= 4 is 11.6 Å². The summed E-state index contributed by atoms with van der Waals surface area (Å²) in [5.74, 6) is -1.93. The van der Waals surface area contributed by atoms with Crippen molar-refractivity contribution < 1.29 is 13.9 Å². The van der Waals surface area contributed by atoms with Crippen LogP contribution in [0.2, 0.25) is 5.02 Å². The number of aliphatic hydroxyl groups excluding tert-OH is 1. The second kappa shape index (κ2) is 5.27. The van der Waals surface area contributed by atoms with E-state index in [4.69, 9.17) is 11.6 Å². The smallest absolute Gasteiger partial charge is 0.159 e. The van der Waals surface area contributed by atoms with Crippen LogP contribution in [0.15, 0.2) is 30.3 Å². The number of benzene rings is 2. The average Bonchev–Trinajstić information content (AvgIpc) is 2.36. The Morgan fingerprint density at radius 2 is 1.63 bits per heavy atom. The lowest BCUT2D eigenvalue weighted by Gasteiger charge is -2.15. The molecule has 0 saturated heterocycles. The molecule has 0 aliphatic rings. The lowest BCUT2D eigenvalue weighted by Crippen LogP contribution is -2.03. The predicted octanol–water partition coefficient (Wildman–Crippen LogP) is 4.32. The average molecular weight is 283 g/mol. The Bertz CT molecular complexity index is 626. The molecule has 0 spiro atoms. The Morgan fingerprint density at radius 3 is 2.26 bits per heavy atom. The van der Waals surface area contributed by atoms with Crippen molar-refractivity contribution in [3.8, 4) is 0 Å². The third-order valence-electron chi connectivity index (χ3n) is 3.17. The number of hydrogen-bond acceptors (Lipinski definition) is 1. The van der Waals surface area contributed by atoms with Crippen LogP contribution >= 0.6 is 11.6 Å². The Kier molecular flexibility index (Phi) is 3.88. The van der Waals surface area contributed by atoms with Gasteiger partial charge in [0.15, 0.2) is 11.6 Å². The molecule has 100 valence electrons. The molecule has 2 rings (SSSR count). The van der Waals surface area contributed by atoms with Gasteiger partial charge in [0.2, 0.25) is 0 Å². The number of halogens is 3. The van der Waals surface area contributed by atoms with Crippen molar-refractivity contribution in [3.63, 3.8) is 0 Å². The van der Waals surface area contributed by atoms with E-state index in [1.807, 2.05) is 13.8 Å². The van der Waals surface area contributed by atoms with Crippen LogP contribution in [-0.4, -0.2) is 5.11 Å². The fourth-order valence-electron chi connectivity index (χ4n) is 1.87. The highest BCUT2D eigenvalue weighted by Crippen LogP contribution is 2.31. The van der Waals surface area contributed by atoms with Gasteiger partial charge in [0.25, 0.3) is 0 Å². The zero-order chi connectivity index (χ0) is 14.2. The first-order valence-electron chi connectivity index (χ1n) is 5.80. The largest absolute Gasteiger partial charge is 0.384 e. The monoisotopic (exact) mass is 282 g/mol. The summed E-state index contributed by atoms with van der Waals surface area (Å²) in [6.45, 7) is 3.81. The van der Waals surface area contributed by atoms with Crippen molar-refractivity contribution in [2.45, 2.75) is 20.0 Å². The summed E-state index contributed by atoms with van der Waals surface area (Å²) in [5, 5.41) is 10.6. The summed E-state index contributed by atoms with van der Waals surface area (Å²) in [6.07, 6.45) is -1.08. The molecule has 0 aliphatic heterocycles. The van der Waals surface area contributed by atoms with E-state index >= 15 is 0 Å². The maximum absolute atomic E-state index is 13.2. The van der Waals surface area contributed by atoms with Gasteiger partial charge >= 0.3 is 0 Å². The summed E-state index contributed by atoms with van der Waals surface area (Å²) in [4.78, 5) is 0. The van der Waals surface area contributed by atoms with E-state index in [1.165, 1.54) is 6.07 Å². The Balaban J connectivity index is 2.46. The van der Waals surface area contributed by atoms with Crippen molar-refractivity contribution in [3.05, 3.63) is 69.2 Å². The maximum Gasteiger partial charge on any atom is 0.159 e. The summed E-state index contributed by atoms with van der Waals surface area (Å²) < 4.78 is 26.1. The van der Waals surface area contributed by atoms with Crippen LogP contribution < -0.4 is 0 Å². The van der Waals surface area contributed by atoms with Crippen molar-refractivity contribution in [1.82, 2.24) is 0 Å². The highest BCUT2D eigenvalue weighted by Gasteiger charge is 2.16. The first kappa shape index (κ1) is 14.0. The van der Waals surface area contributed by atoms with Crippen LogP contribution in [0.5, 0.6) is 0 Å². The molecular formula is C15H13ClF2O. The highest BCUT2D eigenvalue weighted by atomic mass is 35.5. The highest BCUT2D eigenvalue weighted by molar-refractivity contribution is 6.31. The molecule has 2 aromatic carbocycles. The van der Waals surface area contributed by atoms with Gasteiger partial charge in [-0.05, 0) is 48.7 Å². The van der Waals surface area contributed by atoms with Gasteiger partial charge < -0.3 is 5.11 Å². The molecule has 1 unspecified atom stereocenters. The summed E-state index contributed by atoms with van der Waals surface area (Å²) in [7, 11) is 0. The zero-order valence-electron chi connectivity index (χ0n) is 10.5. The first-order valence-corrected chi connectivity index (χ1v) is 6.17. The molecule has 0 amide bonds. The van der Waals surface area contributed by atoms with Crippen molar-refractivity contribution in [2.75, 3.05) is 0 Å². The quantitative estimate of drug-likeness (QED) is 0.870. The standard InChI is InChI=1S/C15H13ClF2O/c1-8-5-11(12(16)6-9(8)2)15(19)10-3-4-13(17)14(18)7-10/h3-7,15,19H,1-2H3.